The highest BCUT2D eigenvalue weighted by molar-refractivity contribution is 7.87. The average molecular weight is 269 g/mol. The molecule has 0 aliphatic carbocycles. The molecule has 0 radical (unpaired) electrons. The monoisotopic (exact) mass is 269 g/mol. The van der Waals surface area contributed by atoms with E-state index < -0.39 is 11.0 Å². The van der Waals surface area contributed by atoms with Crippen LogP contribution in [0, 0.1) is 6.92 Å². The lowest BCUT2D eigenvalue weighted by Crippen LogP contribution is -2.27. The molecule has 1 unspecified atom stereocenters. The van der Waals surface area contributed by atoms with Gasteiger partial charge in [0.25, 0.3) is 0 Å². The summed E-state index contributed by atoms with van der Waals surface area (Å²) in [6, 6.07) is 5.11. The number of carbonyl (C=O) groups excluding carboxylic acids is 1. The van der Waals surface area contributed by atoms with Crippen molar-refractivity contribution in [2.45, 2.75) is 32.4 Å². The van der Waals surface area contributed by atoms with Crippen LogP contribution in [0.25, 0.3) is 0 Å². The Morgan fingerprint density at radius 2 is 1.94 bits per heavy atom. The Kier molecular flexibility index (Phi) is 4.51. The molecular formula is C13H19NO3S. The maximum atomic E-state index is 12.0. The largest absolute Gasteiger partial charge is 0.465 e. The molecule has 0 saturated heterocycles. The summed E-state index contributed by atoms with van der Waals surface area (Å²) in [4.78, 5) is 11.4. The maximum Gasteiger partial charge on any atom is 0.337 e. The number of nitrogens with one attached hydrogen (secondary N) is 1. The minimum absolute atomic E-state index is 0.340. The number of esters is 1. The van der Waals surface area contributed by atoms with Gasteiger partial charge in [0, 0.05) is 5.69 Å². The molecule has 0 amide bonds. The van der Waals surface area contributed by atoms with E-state index in [4.69, 9.17) is 0 Å². The summed E-state index contributed by atoms with van der Waals surface area (Å²) in [6.07, 6.45) is 0. The number of anilines is 1. The van der Waals surface area contributed by atoms with Crippen LogP contribution in [0.15, 0.2) is 18.2 Å². The molecule has 1 aromatic carbocycles. The summed E-state index contributed by atoms with van der Waals surface area (Å²) in [7, 11) is 0.162. The van der Waals surface area contributed by atoms with Crippen molar-refractivity contribution in [1.29, 1.82) is 0 Å². The van der Waals surface area contributed by atoms with Crippen molar-refractivity contribution in [3.05, 3.63) is 29.3 Å². The topological polar surface area (TPSA) is 55.4 Å². The van der Waals surface area contributed by atoms with Crippen LogP contribution in [0.1, 0.15) is 36.7 Å². The van der Waals surface area contributed by atoms with E-state index in [1.807, 2.05) is 27.7 Å². The predicted octanol–water partition coefficient (Wildman–Crippen LogP) is 2.66. The van der Waals surface area contributed by atoms with Crippen molar-refractivity contribution in [2.75, 3.05) is 11.8 Å². The molecule has 18 heavy (non-hydrogen) atoms. The fourth-order valence-electron chi connectivity index (χ4n) is 1.28. The highest BCUT2D eigenvalue weighted by Gasteiger charge is 2.20. The van der Waals surface area contributed by atoms with Crippen LogP contribution in [0.3, 0.4) is 0 Å². The number of benzene rings is 1. The molecule has 0 fully saturated rings. The van der Waals surface area contributed by atoms with E-state index in [1.54, 1.807) is 18.2 Å². The van der Waals surface area contributed by atoms with Gasteiger partial charge in [0.05, 0.1) is 17.4 Å². The molecule has 1 N–H and O–H groups in total. The molecule has 0 aliphatic rings. The zero-order chi connectivity index (χ0) is 13.9. The molecule has 0 aliphatic heterocycles. The fourth-order valence-corrected chi connectivity index (χ4v) is 2.01. The Bertz CT molecular complexity index is 478. The third kappa shape index (κ3) is 3.57. The lowest BCUT2D eigenvalue weighted by atomic mass is 10.1. The quantitative estimate of drug-likeness (QED) is 0.858. The van der Waals surface area contributed by atoms with E-state index in [-0.39, 0.29) is 10.7 Å². The molecule has 0 bridgehead atoms. The lowest BCUT2D eigenvalue weighted by molar-refractivity contribution is 0.0600. The molecule has 1 aromatic rings. The van der Waals surface area contributed by atoms with E-state index in [2.05, 4.69) is 9.46 Å². The second-order valence-corrected chi connectivity index (χ2v) is 6.97. The molecule has 1 rings (SSSR count). The molecule has 0 aromatic heterocycles. The van der Waals surface area contributed by atoms with Crippen LogP contribution in [-0.2, 0) is 15.7 Å². The molecule has 0 spiro atoms. The Morgan fingerprint density at radius 1 is 1.33 bits per heavy atom. The van der Waals surface area contributed by atoms with Crippen molar-refractivity contribution in [3.63, 3.8) is 0 Å². The van der Waals surface area contributed by atoms with Crippen LogP contribution in [0.2, 0.25) is 0 Å². The molecule has 0 heterocycles. The van der Waals surface area contributed by atoms with Crippen LogP contribution < -0.4 is 4.72 Å². The van der Waals surface area contributed by atoms with Gasteiger partial charge < -0.3 is 9.46 Å². The number of rotatable bonds is 3. The Hall–Kier alpha value is -1.36. The summed E-state index contributed by atoms with van der Waals surface area (Å²) < 4.78 is 19.2. The SMILES string of the molecule is COC(=O)c1ccc(NS(=O)C(C)(C)C)c(C)c1. The molecule has 4 nitrogen and oxygen atoms in total. The van der Waals surface area contributed by atoms with Crippen molar-refractivity contribution >= 4 is 22.6 Å². The second kappa shape index (κ2) is 5.52. The number of hydrogen-bond donors (Lipinski definition) is 1. The van der Waals surface area contributed by atoms with E-state index in [1.165, 1.54) is 7.11 Å². The first-order valence-electron chi connectivity index (χ1n) is 5.63. The van der Waals surface area contributed by atoms with Gasteiger partial charge >= 0.3 is 5.97 Å². The Morgan fingerprint density at radius 3 is 2.39 bits per heavy atom. The van der Waals surface area contributed by atoms with Gasteiger partial charge in [0.1, 0.15) is 11.0 Å². The van der Waals surface area contributed by atoms with Gasteiger partial charge in [0.15, 0.2) is 0 Å². The van der Waals surface area contributed by atoms with Crippen molar-refractivity contribution in [2.24, 2.45) is 0 Å². The summed E-state index contributed by atoms with van der Waals surface area (Å²) in [6.45, 7) is 7.55. The van der Waals surface area contributed by atoms with Gasteiger partial charge in [-0.1, -0.05) is 0 Å². The number of carbonyl (C=O) groups is 1. The number of aryl methyl sites for hydroxylation is 1. The van der Waals surface area contributed by atoms with Crippen molar-refractivity contribution in [3.8, 4) is 0 Å². The second-order valence-electron chi connectivity index (χ2n) is 5.00. The van der Waals surface area contributed by atoms with Gasteiger partial charge in [-0.15, -0.1) is 0 Å². The van der Waals surface area contributed by atoms with Gasteiger partial charge in [-0.3, -0.25) is 0 Å². The smallest absolute Gasteiger partial charge is 0.337 e. The van der Waals surface area contributed by atoms with Gasteiger partial charge in [0.2, 0.25) is 0 Å². The molecular weight excluding hydrogens is 250 g/mol. The lowest BCUT2D eigenvalue weighted by Gasteiger charge is -2.19. The Labute approximate surface area is 110 Å². The highest BCUT2D eigenvalue weighted by atomic mass is 32.2. The zero-order valence-electron chi connectivity index (χ0n) is 11.4. The van der Waals surface area contributed by atoms with Gasteiger partial charge in [-0.2, -0.15) is 0 Å². The fraction of sp³-hybridized carbons (Fsp3) is 0.462. The summed E-state index contributed by atoms with van der Waals surface area (Å²) in [5.41, 5.74) is 2.11. The molecule has 0 saturated carbocycles. The van der Waals surface area contributed by atoms with Crippen LogP contribution >= 0.6 is 0 Å². The van der Waals surface area contributed by atoms with Crippen molar-refractivity contribution in [1.82, 2.24) is 0 Å². The van der Waals surface area contributed by atoms with Crippen LogP contribution in [0.5, 0.6) is 0 Å². The van der Waals surface area contributed by atoms with E-state index in [9.17, 15) is 9.00 Å². The normalized spacial score (nSPS) is 12.9. The first-order valence-corrected chi connectivity index (χ1v) is 6.78. The third-order valence-electron chi connectivity index (χ3n) is 2.41. The maximum absolute atomic E-state index is 12.0. The Balaban J connectivity index is 2.94. The minimum Gasteiger partial charge on any atom is -0.465 e. The number of hydrogen-bond acceptors (Lipinski definition) is 3. The molecule has 1 atom stereocenters. The van der Waals surface area contributed by atoms with Crippen molar-refractivity contribution < 1.29 is 13.7 Å². The summed E-state index contributed by atoms with van der Waals surface area (Å²) in [5, 5.41) is 0. The standard InChI is InChI=1S/C13H19NO3S/c1-9-8-10(12(15)17-5)6-7-11(9)14-18(16)13(2,3)4/h6-8,14H,1-5H3. The average Bonchev–Trinajstić information content (AvgIpc) is 2.29. The molecule has 5 heteroatoms. The van der Waals surface area contributed by atoms with Gasteiger partial charge in [-0.25, -0.2) is 9.00 Å². The van der Waals surface area contributed by atoms with E-state index in [0.717, 1.165) is 11.3 Å². The minimum atomic E-state index is -1.18. The number of methoxy groups -OCH3 is 1. The van der Waals surface area contributed by atoms with Gasteiger partial charge in [-0.05, 0) is 51.5 Å². The summed E-state index contributed by atoms with van der Waals surface area (Å²) >= 11 is 0. The molecule has 100 valence electrons. The number of ether oxygens (including phenoxy) is 1. The summed E-state index contributed by atoms with van der Waals surface area (Å²) in [5.74, 6) is -0.374. The third-order valence-corrected chi connectivity index (χ3v) is 3.92. The van der Waals surface area contributed by atoms with E-state index in [0.29, 0.717) is 5.56 Å². The van der Waals surface area contributed by atoms with Crippen LogP contribution in [-0.4, -0.2) is 22.0 Å². The van der Waals surface area contributed by atoms with E-state index >= 15 is 0 Å². The zero-order valence-corrected chi connectivity index (χ0v) is 12.2. The first-order chi connectivity index (χ1) is 8.25. The van der Waals surface area contributed by atoms with Crippen LogP contribution in [0.4, 0.5) is 5.69 Å². The highest BCUT2D eigenvalue weighted by Crippen LogP contribution is 2.21. The first kappa shape index (κ1) is 14.7. The predicted molar refractivity (Wildman–Crippen MR) is 74.0 cm³/mol.